The molecule has 1 unspecified atom stereocenters. The van der Waals surface area contributed by atoms with Crippen LogP contribution in [0.1, 0.15) is 17.5 Å². The van der Waals surface area contributed by atoms with E-state index in [-0.39, 0.29) is 11.8 Å². The molecule has 1 atom stereocenters. The van der Waals surface area contributed by atoms with E-state index in [0.29, 0.717) is 30.2 Å². The number of benzene rings is 2. The van der Waals surface area contributed by atoms with Crippen LogP contribution in [0.25, 0.3) is 22.1 Å². The van der Waals surface area contributed by atoms with Gasteiger partial charge in [0.2, 0.25) is 5.76 Å². The Morgan fingerprint density at radius 2 is 2.00 bits per heavy atom. The van der Waals surface area contributed by atoms with Gasteiger partial charge >= 0.3 is 0 Å². The molecule has 3 rings (SSSR count). The number of hydrogen-bond donors (Lipinski definition) is 2. The molecule has 0 saturated heterocycles. The monoisotopic (exact) mass is 338 g/mol. The van der Waals surface area contributed by atoms with Gasteiger partial charge in [0.25, 0.3) is 5.91 Å². The van der Waals surface area contributed by atoms with Crippen LogP contribution < -0.4 is 15.8 Å². The van der Waals surface area contributed by atoms with Crippen LogP contribution in [-0.4, -0.2) is 26.1 Å². The maximum Gasteiger partial charge on any atom is 0.287 e. The molecule has 0 aliphatic carbocycles. The second-order valence-corrected chi connectivity index (χ2v) is 6.09. The van der Waals surface area contributed by atoms with Gasteiger partial charge in [-0.2, -0.15) is 0 Å². The normalized spacial score (nSPS) is 12.1. The van der Waals surface area contributed by atoms with Gasteiger partial charge in [-0.05, 0) is 30.2 Å². The number of carbonyl (C=O) groups is 1. The third-order valence-corrected chi connectivity index (χ3v) is 4.18. The lowest BCUT2D eigenvalue weighted by Gasteiger charge is -2.10. The van der Waals surface area contributed by atoms with Crippen molar-refractivity contribution < 1.29 is 13.9 Å². The fourth-order valence-electron chi connectivity index (χ4n) is 2.69. The van der Waals surface area contributed by atoms with E-state index >= 15 is 0 Å². The average molecular weight is 338 g/mol. The molecular weight excluding hydrogens is 316 g/mol. The fourth-order valence-corrected chi connectivity index (χ4v) is 2.69. The minimum atomic E-state index is -0.241. The highest BCUT2D eigenvalue weighted by molar-refractivity contribution is 6.08. The van der Waals surface area contributed by atoms with E-state index in [1.54, 1.807) is 13.2 Å². The van der Waals surface area contributed by atoms with Crippen molar-refractivity contribution in [2.75, 3.05) is 20.2 Å². The minimum absolute atomic E-state index is 0.202. The zero-order chi connectivity index (χ0) is 17.8. The molecule has 3 aromatic rings. The van der Waals surface area contributed by atoms with E-state index in [4.69, 9.17) is 14.9 Å². The minimum Gasteiger partial charge on any atom is -0.497 e. The summed E-state index contributed by atoms with van der Waals surface area (Å²) in [5, 5.41) is 3.78. The number of nitrogens with two attached hydrogens (primary N) is 1. The zero-order valence-corrected chi connectivity index (χ0v) is 14.4. The third-order valence-electron chi connectivity index (χ3n) is 4.18. The number of ether oxygens (including phenoxy) is 1. The highest BCUT2D eigenvalue weighted by Crippen LogP contribution is 2.36. The van der Waals surface area contributed by atoms with E-state index < -0.39 is 0 Å². The number of amides is 1. The number of carbonyl (C=O) groups excluding carboxylic acids is 1. The summed E-state index contributed by atoms with van der Waals surface area (Å²) in [6, 6.07) is 15.3. The van der Waals surface area contributed by atoms with Crippen LogP contribution in [0.5, 0.6) is 5.75 Å². The zero-order valence-electron chi connectivity index (χ0n) is 14.4. The first kappa shape index (κ1) is 17.0. The molecule has 130 valence electrons. The third kappa shape index (κ3) is 3.51. The van der Waals surface area contributed by atoms with Gasteiger partial charge in [-0.1, -0.05) is 37.3 Å². The van der Waals surface area contributed by atoms with Crippen molar-refractivity contribution in [2.24, 2.45) is 11.7 Å². The lowest BCUT2D eigenvalue weighted by Crippen LogP contribution is -2.31. The smallest absolute Gasteiger partial charge is 0.287 e. The van der Waals surface area contributed by atoms with Gasteiger partial charge < -0.3 is 20.2 Å². The Kier molecular flexibility index (Phi) is 5.05. The van der Waals surface area contributed by atoms with E-state index in [2.05, 4.69) is 5.32 Å². The summed E-state index contributed by atoms with van der Waals surface area (Å²) in [6.07, 6.45) is 0. The van der Waals surface area contributed by atoms with Crippen molar-refractivity contribution in [1.29, 1.82) is 0 Å². The van der Waals surface area contributed by atoms with Crippen LogP contribution in [0.4, 0.5) is 0 Å². The molecule has 3 N–H and O–H groups in total. The second kappa shape index (κ2) is 7.40. The molecule has 0 saturated carbocycles. The van der Waals surface area contributed by atoms with Gasteiger partial charge in [0, 0.05) is 23.6 Å². The predicted molar refractivity (Wildman–Crippen MR) is 98.8 cm³/mol. The van der Waals surface area contributed by atoms with Crippen LogP contribution >= 0.6 is 0 Å². The number of hydrogen-bond acceptors (Lipinski definition) is 4. The van der Waals surface area contributed by atoms with Crippen molar-refractivity contribution in [3.05, 3.63) is 54.3 Å². The molecule has 0 aliphatic rings. The first-order chi connectivity index (χ1) is 12.1. The Labute approximate surface area is 146 Å². The maximum atomic E-state index is 12.7. The quantitative estimate of drug-likeness (QED) is 0.722. The van der Waals surface area contributed by atoms with E-state index in [1.807, 2.05) is 49.4 Å². The Balaban J connectivity index is 2.08. The first-order valence-corrected chi connectivity index (χ1v) is 8.28. The lowest BCUT2D eigenvalue weighted by atomic mass is 10.0. The first-order valence-electron chi connectivity index (χ1n) is 8.28. The molecule has 1 aromatic heterocycles. The summed E-state index contributed by atoms with van der Waals surface area (Å²) in [5.41, 5.74) is 7.96. The summed E-state index contributed by atoms with van der Waals surface area (Å²) in [6.45, 7) is 3.01. The molecule has 0 aliphatic heterocycles. The SMILES string of the molecule is COc1ccc2c(-c3ccccc3)c(C(=O)NCC(C)CN)oc2c1. The molecule has 0 spiro atoms. The van der Waals surface area contributed by atoms with Crippen LogP contribution in [0.3, 0.4) is 0 Å². The Bertz CT molecular complexity index is 871. The second-order valence-electron chi connectivity index (χ2n) is 6.09. The fraction of sp³-hybridized carbons (Fsp3) is 0.250. The van der Waals surface area contributed by atoms with Crippen molar-refractivity contribution >= 4 is 16.9 Å². The number of furan rings is 1. The Morgan fingerprint density at radius 1 is 1.24 bits per heavy atom. The standard InChI is InChI=1S/C20H22N2O3/c1-13(11-21)12-22-20(23)19-18(14-6-4-3-5-7-14)16-9-8-15(24-2)10-17(16)25-19/h3-10,13H,11-12,21H2,1-2H3,(H,22,23). The van der Waals surface area contributed by atoms with Crippen molar-refractivity contribution in [2.45, 2.75) is 6.92 Å². The molecule has 1 amide bonds. The van der Waals surface area contributed by atoms with Crippen LogP contribution in [0.2, 0.25) is 0 Å². The molecule has 2 aromatic carbocycles. The molecule has 5 nitrogen and oxygen atoms in total. The van der Waals surface area contributed by atoms with E-state index in [1.165, 1.54) is 0 Å². The molecule has 5 heteroatoms. The van der Waals surface area contributed by atoms with Gasteiger partial charge in [-0.25, -0.2) is 0 Å². The van der Waals surface area contributed by atoms with Crippen LogP contribution in [-0.2, 0) is 0 Å². The van der Waals surface area contributed by atoms with Crippen LogP contribution in [0.15, 0.2) is 52.9 Å². The molecule has 1 heterocycles. The van der Waals surface area contributed by atoms with Crippen molar-refractivity contribution in [3.63, 3.8) is 0 Å². The maximum absolute atomic E-state index is 12.7. The molecule has 0 bridgehead atoms. The highest BCUT2D eigenvalue weighted by Gasteiger charge is 2.22. The molecule has 25 heavy (non-hydrogen) atoms. The van der Waals surface area contributed by atoms with Crippen molar-refractivity contribution in [1.82, 2.24) is 5.32 Å². The average Bonchev–Trinajstić information content (AvgIpc) is 3.05. The summed E-state index contributed by atoms with van der Waals surface area (Å²) >= 11 is 0. The highest BCUT2D eigenvalue weighted by atomic mass is 16.5. The van der Waals surface area contributed by atoms with Gasteiger partial charge in [0.1, 0.15) is 11.3 Å². The number of rotatable bonds is 6. The topological polar surface area (TPSA) is 77.5 Å². The molecule has 0 radical (unpaired) electrons. The Morgan fingerprint density at radius 3 is 2.68 bits per heavy atom. The predicted octanol–water partition coefficient (Wildman–Crippen LogP) is 3.43. The van der Waals surface area contributed by atoms with Gasteiger partial charge in [0.15, 0.2) is 0 Å². The number of methoxy groups -OCH3 is 1. The largest absolute Gasteiger partial charge is 0.497 e. The van der Waals surface area contributed by atoms with Gasteiger partial charge in [-0.3, -0.25) is 4.79 Å². The number of nitrogens with one attached hydrogen (secondary N) is 1. The van der Waals surface area contributed by atoms with Gasteiger partial charge in [-0.15, -0.1) is 0 Å². The van der Waals surface area contributed by atoms with Gasteiger partial charge in [0.05, 0.1) is 7.11 Å². The summed E-state index contributed by atoms with van der Waals surface area (Å²) in [7, 11) is 1.60. The lowest BCUT2D eigenvalue weighted by molar-refractivity contribution is 0.0924. The van der Waals surface area contributed by atoms with Crippen molar-refractivity contribution in [3.8, 4) is 16.9 Å². The molecular formula is C20H22N2O3. The summed E-state index contributed by atoms with van der Waals surface area (Å²) in [5.74, 6) is 0.950. The van der Waals surface area contributed by atoms with E-state index in [9.17, 15) is 4.79 Å². The van der Waals surface area contributed by atoms with E-state index in [0.717, 1.165) is 16.5 Å². The van der Waals surface area contributed by atoms with Crippen LogP contribution in [0, 0.1) is 5.92 Å². The number of fused-ring (bicyclic) bond motifs is 1. The molecule has 0 fully saturated rings. The summed E-state index contributed by atoms with van der Waals surface area (Å²) in [4.78, 5) is 12.7. The Hall–Kier alpha value is -2.79. The summed E-state index contributed by atoms with van der Waals surface area (Å²) < 4.78 is 11.2.